The predicted molar refractivity (Wildman–Crippen MR) is 72.4 cm³/mol. The SMILES string of the molecule is C[Si](C)(C)c1cnc(Br)c2ccccc12. The molecule has 2 aromatic rings. The van der Waals surface area contributed by atoms with Crippen molar-refractivity contribution < 1.29 is 0 Å². The molecule has 3 heteroatoms. The lowest BCUT2D eigenvalue weighted by molar-refractivity contribution is 1.32. The summed E-state index contributed by atoms with van der Waals surface area (Å²) in [5.74, 6) is 0. The van der Waals surface area contributed by atoms with Crippen molar-refractivity contribution in [1.82, 2.24) is 4.98 Å². The van der Waals surface area contributed by atoms with E-state index in [2.05, 4.69) is 64.8 Å². The Balaban J connectivity index is 2.84. The van der Waals surface area contributed by atoms with E-state index in [9.17, 15) is 0 Å². The molecule has 0 aliphatic carbocycles. The Morgan fingerprint density at radius 1 is 1.07 bits per heavy atom. The number of halogens is 1. The molecule has 0 aliphatic rings. The molecule has 1 aromatic carbocycles. The number of hydrogen-bond donors (Lipinski definition) is 0. The van der Waals surface area contributed by atoms with Gasteiger partial charge in [-0.3, -0.25) is 0 Å². The van der Waals surface area contributed by atoms with Gasteiger partial charge in [0.05, 0.1) is 8.07 Å². The van der Waals surface area contributed by atoms with E-state index in [0.29, 0.717) is 0 Å². The smallest absolute Gasteiger partial charge is 0.113 e. The third-order valence-electron chi connectivity index (χ3n) is 2.55. The molecule has 0 saturated carbocycles. The zero-order valence-electron chi connectivity index (χ0n) is 9.21. The number of benzene rings is 1. The molecule has 0 fully saturated rings. The number of pyridine rings is 1. The van der Waals surface area contributed by atoms with Crippen molar-refractivity contribution in [3.63, 3.8) is 0 Å². The van der Waals surface area contributed by atoms with E-state index in [4.69, 9.17) is 0 Å². The van der Waals surface area contributed by atoms with Crippen LogP contribution in [0.25, 0.3) is 10.8 Å². The third kappa shape index (κ3) is 1.99. The number of nitrogens with zero attached hydrogens (tertiary/aromatic N) is 1. The summed E-state index contributed by atoms with van der Waals surface area (Å²) >= 11 is 3.50. The summed E-state index contributed by atoms with van der Waals surface area (Å²) in [4.78, 5) is 4.43. The molecule has 0 amide bonds. The van der Waals surface area contributed by atoms with Gasteiger partial charge >= 0.3 is 0 Å². The van der Waals surface area contributed by atoms with Crippen molar-refractivity contribution in [3.05, 3.63) is 35.1 Å². The van der Waals surface area contributed by atoms with Crippen LogP contribution in [-0.2, 0) is 0 Å². The minimum Gasteiger partial charge on any atom is -0.249 e. The second-order valence-electron chi connectivity index (χ2n) is 4.76. The number of hydrogen-bond acceptors (Lipinski definition) is 1. The first kappa shape index (κ1) is 10.8. The van der Waals surface area contributed by atoms with Gasteiger partial charge < -0.3 is 0 Å². The predicted octanol–water partition coefficient (Wildman–Crippen LogP) is 3.54. The summed E-state index contributed by atoms with van der Waals surface area (Å²) in [5, 5.41) is 4.00. The van der Waals surface area contributed by atoms with Crippen LogP contribution in [0, 0.1) is 0 Å². The van der Waals surface area contributed by atoms with Crippen molar-refractivity contribution in [3.8, 4) is 0 Å². The van der Waals surface area contributed by atoms with Crippen LogP contribution in [0.5, 0.6) is 0 Å². The molecule has 0 spiro atoms. The highest BCUT2D eigenvalue weighted by Crippen LogP contribution is 2.21. The molecule has 1 heterocycles. The van der Waals surface area contributed by atoms with Crippen LogP contribution >= 0.6 is 15.9 Å². The van der Waals surface area contributed by atoms with Crippen molar-refractivity contribution in [2.24, 2.45) is 0 Å². The molecule has 2 rings (SSSR count). The van der Waals surface area contributed by atoms with E-state index < -0.39 is 8.07 Å². The average Bonchev–Trinajstić information content (AvgIpc) is 2.17. The van der Waals surface area contributed by atoms with Crippen molar-refractivity contribution in [2.75, 3.05) is 0 Å². The molecular weight excluding hydrogens is 266 g/mol. The quantitative estimate of drug-likeness (QED) is 0.575. The third-order valence-corrected chi connectivity index (χ3v) is 5.20. The maximum absolute atomic E-state index is 4.43. The van der Waals surface area contributed by atoms with Gasteiger partial charge in [0.25, 0.3) is 0 Å². The Morgan fingerprint density at radius 3 is 2.27 bits per heavy atom. The second-order valence-corrected chi connectivity index (χ2v) is 10.5. The monoisotopic (exact) mass is 279 g/mol. The lowest BCUT2D eigenvalue weighted by atomic mass is 10.2. The first-order valence-corrected chi connectivity index (χ1v) is 9.33. The van der Waals surface area contributed by atoms with Gasteiger partial charge in [-0.05, 0) is 26.5 Å². The van der Waals surface area contributed by atoms with E-state index in [0.717, 1.165) is 4.60 Å². The van der Waals surface area contributed by atoms with Gasteiger partial charge in [-0.25, -0.2) is 4.98 Å². The highest BCUT2D eigenvalue weighted by Gasteiger charge is 2.20. The lowest BCUT2D eigenvalue weighted by Gasteiger charge is -2.18. The molecule has 0 radical (unpaired) electrons. The molecule has 1 nitrogen and oxygen atoms in total. The van der Waals surface area contributed by atoms with Gasteiger partial charge in [0, 0.05) is 11.6 Å². The Labute approximate surface area is 99.7 Å². The van der Waals surface area contributed by atoms with Crippen LogP contribution in [0.3, 0.4) is 0 Å². The first-order chi connectivity index (χ1) is 7.00. The molecule has 0 saturated heterocycles. The highest BCUT2D eigenvalue weighted by molar-refractivity contribution is 9.10. The summed E-state index contributed by atoms with van der Waals surface area (Å²) in [6.07, 6.45) is 2.03. The Morgan fingerprint density at radius 2 is 1.67 bits per heavy atom. The van der Waals surface area contributed by atoms with Crippen LogP contribution in [-0.4, -0.2) is 13.1 Å². The normalized spacial score (nSPS) is 12.0. The van der Waals surface area contributed by atoms with Gasteiger partial charge in [0.1, 0.15) is 4.60 Å². The van der Waals surface area contributed by atoms with Crippen molar-refractivity contribution in [1.29, 1.82) is 0 Å². The topological polar surface area (TPSA) is 12.9 Å². The maximum Gasteiger partial charge on any atom is 0.113 e. The standard InChI is InChI=1S/C12H14BrNSi/c1-15(2,3)11-8-14-12(13)10-7-5-4-6-9(10)11/h4-8H,1-3H3. The molecule has 0 bridgehead atoms. The molecule has 0 aliphatic heterocycles. The van der Waals surface area contributed by atoms with Gasteiger partial charge in [-0.15, -0.1) is 0 Å². The van der Waals surface area contributed by atoms with Crippen LogP contribution in [0.2, 0.25) is 19.6 Å². The maximum atomic E-state index is 4.43. The van der Waals surface area contributed by atoms with Gasteiger partial charge in [0.15, 0.2) is 0 Å². The summed E-state index contributed by atoms with van der Waals surface area (Å²) in [6.45, 7) is 7.05. The van der Waals surface area contributed by atoms with E-state index in [1.165, 1.54) is 16.0 Å². The summed E-state index contributed by atoms with van der Waals surface area (Å²) in [5.41, 5.74) is 0. The zero-order chi connectivity index (χ0) is 11.1. The largest absolute Gasteiger partial charge is 0.249 e. The fourth-order valence-electron chi connectivity index (χ4n) is 1.76. The molecule has 1 aromatic heterocycles. The number of fused-ring (bicyclic) bond motifs is 1. The summed E-state index contributed by atoms with van der Waals surface area (Å²) in [6, 6.07) is 8.46. The fourth-order valence-corrected chi connectivity index (χ4v) is 3.68. The second kappa shape index (κ2) is 3.72. The highest BCUT2D eigenvalue weighted by atomic mass is 79.9. The molecule has 0 N–H and O–H groups in total. The van der Waals surface area contributed by atoms with E-state index >= 15 is 0 Å². The van der Waals surface area contributed by atoms with Gasteiger partial charge in [-0.2, -0.15) is 0 Å². The van der Waals surface area contributed by atoms with Crippen LogP contribution < -0.4 is 5.19 Å². The van der Waals surface area contributed by atoms with Crippen LogP contribution in [0.4, 0.5) is 0 Å². The Hall–Kier alpha value is -0.673. The Kier molecular flexibility index (Phi) is 2.69. The van der Waals surface area contributed by atoms with E-state index in [1.807, 2.05) is 6.20 Å². The lowest BCUT2D eigenvalue weighted by Crippen LogP contribution is -2.38. The summed E-state index contributed by atoms with van der Waals surface area (Å²) in [7, 11) is -1.30. The van der Waals surface area contributed by atoms with Gasteiger partial charge in [0.2, 0.25) is 0 Å². The van der Waals surface area contributed by atoms with Crippen LogP contribution in [0.1, 0.15) is 0 Å². The number of aromatic nitrogens is 1. The van der Waals surface area contributed by atoms with E-state index in [-0.39, 0.29) is 0 Å². The average molecular weight is 280 g/mol. The van der Waals surface area contributed by atoms with Gasteiger partial charge in [-0.1, -0.05) is 43.9 Å². The fraction of sp³-hybridized carbons (Fsp3) is 0.250. The minimum atomic E-state index is -1.30. The zero-order valence-corrected chi connectivity index (χ0v) is 11.8. The van der Waals surface area contributed by atoms with Crippen LogP contribution in [0.15, 0.2) is 35.1 Å². The molecule has 15 heavy (non-hydrogen) atoms. The molecule has 0 unspecified atom stereocenters. The first-order valence-electron chi connectivity index (χ1n) is 5.04. The van der Waals surface area contributed by atoms with Crippen molar-refractivity contribution in [2.45, 2.75) is 19.6 Å². The summed E-state index contributed by atoms with van der Waals surface area (Å²) < 4.78 is 0.945. The van der Waals surface area contributed by atoms with Crippen molar-refractivity contribution >= 4 is 40.0 Å². The van der Waals surface area contributed by atoms with E-state index in [1.54, 1.807) is 0 Å². The Bertz CT molecular complexity index is 502. The molecule has 78 valence electrons. The minimum absolute atomic E-state index is 0.945. The molecular formula is C12H14BrNSi. The number of rotatable bonds is 1. The molecule has 0 atom stereocenters.